The second kappa shape index (κ2) is 25.7. The fourth-order valence-corrected chi connectivity index (χ4v) is 7.07. The zero-order chi connectivity index (χ0) is 58.2. The highest BCUT2D eigenvalue weighted by atomic mass is 35.5. The number of aliphatic hydroxyl groups is 2. The molecular weight excluding hydrogens is 1120 g/mol. The molecule has 32 heteroatoms. The molecule has 80 heavy (non-hydrogen) atoms. The Morgan fingerprint density at radius 3 is 0.875 bits per heavy atom. The molecule has 5 aromatic rings. The van der Waals surface area contributed by atoms with Gasteiger partial charge in [-0.3, -0.25) is 34.4 Å². The third-order valence-corrected chi connectivity index (χ3v) is 10.8. The van der Waals surface area contributed by atoms with Gasteiger partial charge in [-0.15, -0.1) is 22.5 Å². The van der Waals surface area contributed by atoms with Gasteiger partial charge in [0, 0.05) is 5.56 Å². The highest BCUT2D eigenvalue weighted by Crippen LogP contribution is 2.27. The Morgan fingerprint density at radius 2 is 0.600 bits per heavy atom. The first-order valence-corrected chi connectivity index (χ1v) is 21.5. The fourth-order valence-electron chi connectivity index (χ4n) is 6.95. The molecule has 0 radical (unpaired) electrons. The van der Waals surface area contributed by atoms with Crippen molar-refractivity contribution in [2.24, 2.45) is 5.90 Å². The van der Waals surface area contributed by atoms with Crippen LogP contribution in [0.3, 0.4) is 0 Å². The van der Waals surface area contributed by atoms with Gasteiger partial charge in [0.1, 0.15) is 6.79 Å². The fraction of sp³-hybridized carbons (Fsp3) is 0.0625. The SMILES string of the molecule is Cl.NO.O=C(Cl)c1ccc2c(c1)C(=O)OC2=O.O=C(OCOC(=O)c1ccc2c(c1)C(=O)N(O)C2=O)c1ccc2c(c1)C(=O)N(O)C2=O.O=C(OCOC(=O)c1ccc2c(c1)C(=O)OC2=O)c1ccc2c(c1)C(=O)OC2=O.OCO. The first-order chi connectivity index (χ1) is 37.6. The van der Waals surface area contributed by atoms with E-state index in [1.807, 2.05) is 0 Å². The van der Waals surface area contributed by atoms with E-state index in [1.54, 1.807) is 0 Å². The predicted octanol–water partition coefficient (Wildman–Crippen LogP) is 1.97. The molecule has 0 unspecified atom stereocenters. The molecule has 0 atom stereocenters. The lowest BCUT2D eigenvalue weighted by molar-refractivity contribution is -0.0330. The summed E-state index contributed by atoms with van der Waals surface area (Å²) in [5.74, 6) is -8.90. The van der Waals surface area contributed by atoms with Crippen molar-refractivity contribution < 1.29 is 131 Å². The minimum atomic E-state index is -0.993. The van der Waals surface area contributed by atoms with Gasteiger partial charge in [-0.1, -0.05) is 0 Å². The van der Waals surface area contributed by atoms with Crippen LogP contribution in [0.15, 0.2) is 91.0 Å². The van der Waals surface area contributed by atoms with Gasteiger partial charge in [-0.05, 0) is 103 Å². The summed E-state index contributed by atoms with van der Waals surface area (Å²) in [4.78, 5) is 174. The lowest BCUT2D eigenvalue weighted by Gasteiger charge is -2.07. The summed E-state index contributed by atoms with van der Waals surface area (Å²) in [6, 6.07) is 18.1. The minimum Gasteiger partial charge on any atom is -0.424 e. The van der Waals surface area contributed by atoms with Crippen LogP contribution in [0.1, 0.15) is 155 Å². The number of amides is 4. The number of ether oxygens (including phenoxy) is 7. The van der Waals surface area contributed by atoms with E-state index in [0.717, 1.165) is 24.3 Å². The molecule has 5 aromatic carbocycles. The van der Waals surface area contributed by atoms with Crippen molar-refractivity contribution in [3.8, 4) is 0 Å². The third-order valence-electron chi connectivity index (χ3n) is 10.6. The monoisotopic (exact) mass is 1150 g/mol. The predicted molar refractivity (Wildman–Crippen MR) is 250 cm³/mol. The Morgan fingerprint density at radius 1 is 0.388 bits per heavy atom. The Labute approximate surface area is 453 Å². The molecule has 5 aliphatic heterocycles. The van der Waals surface area contributed by atoms with Crippen LogP contribution < -0.4 is 5.90 Å². The molecule has 4 amide bonds. The van der Waals surface area contributed by atoms with Crippen LogP contribution in [0.25, 0.3) is 0 Å². The van der Waals surface area contributed by atoms with E-state index < -0.39 is 109 Å². The summed E-state index contributed by atoms with van der Waals surface area (Å²) >= 11 is 5.21. The molecule has 30 nitrogen and oxygen atoms in total. The van der Waals surface area contributed by atoms with Gasteiger partial charge in [0.25, 0.3) is 28.9 Å². The number of hydrogen-bond acceptors (Lipinski definition) is 28. The number of aliphatic hydroxyl groups excluding tert-OH is 1. The third kappa shape index (κ3) is 12.6. The number of carbonyl (C=O) groups is 15. The van der Waals surface area contributed by atoms with E-state index in [9.17, 15) is 82.3 Å². The average molecular weight is 1150 g/mol. The van der Waals surface area contributed by atoms with Gasteiger partial charge in [0.05, 0.1) is 77.9 Å². The molecular formula is C48H29Cl2N3O27. The number of nitrogens with two attached hydrogens (primary N) is 1. The molecule has 0 saturated carbocycles. The average Bonchev–Trinajstić information content (AvgIpc) is 4.19. The summed E-state index contributed by atoms with van der Waals surface area (Å²) in [7, 11) is 0. The summed E-state index contributed by atoms with van der Waals surface area (Å²) in [6.45, 7) is -2.32. The summed E-state index contributed by atoms with van der Waals surface area (Å²) in [6.07, 6.45) is 0. The van der Waals surface area contributed by atoms with Crippen LogP contribution >= 0.6 is 24.0 Å². The van der Waals surface area contributed by atoms with E-state index in [1.165, 1.54) is 66.7 Å². The van der Waals surface area contributed by atoms with Crippen molar-refractivity contribution in [1.29, 1.82) is 0 Å². The van der Waals surface area contributed by atoms with Crippen LogP contribution in [-0.2, 0) is 33.2 Å². The summed E-state index contributed by atoms with van der Waals surface area (Å²) < 4.78 is 32.4. The van der Waals surface area contributed by atoms with Crippen molar-refractivity contribution in [3.63, 3.8) is 0 Å². The number of nitrogens with zero attached hydrogens (tertiary/aromatic N) is 2. The molecule has 7 N–H and O–H groups in total. The smallest absolute Gasteiger partial charge is 0.346 e. The highest BCUT2D eigenvalue weighted by molar-refractivity contribution is 6.67. The van der Waals surface area contributed by atoms with Crippen LogP contribution in [0, 0.1) is 0 Å². The molecule has 0 fully saturated rings. The van der Waals surface area contributed by atoms with Crippen LogP contribution in [-0.4, -0.2) is 145 Å². The molecule has 0 spiro atoms. The maximum Gasteiger partial charge on any atom is 0.346 e. The van der Waals surface area contributed by atoms with Crippen LogP contribution in [0.4, 0.5) is 0 Å². The van der Waals surface area contributed by atoms with Gasteiger partial charge >= 0.3 is 59.7 Å². The van der Waals surface area contributed by atoms with Gasteiger partial charge in [0.2, 0.25) is 13.6 Å². The molecule has 412 valence electrons. The largest absolute Gasteiger partial charge is 0.424 e. The summed E-state index contributed by atoms with van der Waals surface area (Å²) in [5, 5.41) is 38.6. The number of esters is 10. The molecule has 0 bridgehead atoms. The second-order valence-corrected chi connectivity index (χ2v) is 15.4. The maximum absolute atomic E-state index is 12.1. The number of hydrogen-bond donors (Lipinski definition) is 6. The van der Waals surface area contributed by atoms with Gasteiger partial charge < -0.3 is 48.6 Å². The molecule has 10 rings (SSSR count). The normalized spacial score (nSPS) is 13.5. The van der Waals surface area contributed by atoms with Gasteiger partial charge in [-0.2, -0.15) is 0 Å². The Balaban J connectivity index is 0.000000222. The van der Waals surface area contributed by atoms with E-state index in [4.69, 9.17) is 46.0 Å². The van der Waals surface area contributed by atoms with Crippen LogP contribution in [0.5, 0.6) is 0 Å². The first-order valence-electron chi connectivity index (χ1n) is 21.1. The van der Waals surface area contributed by atoms with E-state index >= 15 is 0 Å². The lowest BCUT2D eigenvalue weighted by atomic mass is 10.1. The van der Waals surface area contributed by atoms with Crippen LogP contribution in [0.2, 0.25) is 0 Å². The Bertz CT molecular complexity index is 3370. The number of imide groups is 2. The maximum atomic E-state index is 12.1. The number of halogens is 2. The zero-order valence-corrected chi connectivity index (χ0v) is 40.8. The van der Waals surface area contributed by atoms with Crippen molar-refractivity contribution in [1.82, 2.24) is 10.1 Å². The Hall–Kier alpha value is -10.3. The standard InChI is InChI=1S/C19H10N2O10.C19H8O10.C9H3ClO4.CH4O2.ClH.H3NO/c22-14-10-3-1-8(5-12(10)16(24)20(14)28)18(26)30-7-31-19(27)9-2-4-11-13(6-9)17(25)21(29)15(11)23;20-14(8-1-3-10-12(5-8)18(24)28-16(10)22)26-7-27-15(21)9-2-4-11-13(6-9)19(25)29-17(11)23;10-7(11)4-1-2-5-6(3-4)9(13)14-8(5)12;2-1-3;;1-2/h1-6,28-29H,7H2;1-6H,7H2;1-3H;2-3H,1H2;1H;2H,1H2. The molecule has 0 aromatic heterocycles. The number of cyclic esters (lactones) is 6. The first kappa shape index (κ1) is 60.6. The van der Waals surface area contributed by atoms with Crippen molar-refractivity contribution in [2.45, 2.75) is 0 Å². The molecule has 0 aliphatic carbocycles. The van der Waals surface area contributed by atoms with Crippen molar-refractivity contribution in [3.05, 3.63) is 174 Å². The zero-order valence-electron chi connectivity index (χ0n) is 39.3. The number of hydroxylamine groups is 4. The van der Waals surface area contributed by atoms with E-state index in [2.05, 4.69) is 20.1 Å². The second-order valence-electron chi connectivity index (χ2n) is 15.1. The molecule has 5 heterocycles. The molecule has 5 aliphatic rings. The topological polar surface area (TPSA) is 454 Å². The van der Waals surface area contributed by atoms with Gasteiger partial charge in [-0.25, -0.2) is 53.8 Å². The van der Waals surface area contributed by atoms with Gasteiger partial charge in [0.15, 0.2) is 0 Å². The molecule has 0 saturated heterocycles. The number of fused-ring (bicyclic) bond motifs is 5. The van der Waals surface area contributed by atoms with Crippen molar-refractivity contribution >= 4 is 113 Å². The highest BCUT2D eigenvalue weighted by Gasteiger charge is 2.38. The number of benzene rings is 5. The number of rotatable bonds is 9. The van der Waals surface area contributed by atoms with E-state index in [0.29, 0.717) is 0 Å². The number of carbonyl (C=O) groups excluding carboxylic acids is 15. The Kier molecular flexibility index (Phi) is 19.4. The lowest BCUT2D eigenvalue weighted by Crippen LogP contribution is -2.25. The summed E-state index contributed by atoms with van der Waals surface area (Å²) in [5.41, 5.74) is -0.552. The minimum absolute atomic E-state index is 0. The quantitative estimate of drug-likeness (QED) is 0.0179. The van der Waals surface area contributed by atoms with E-state index in [-0.39, 0.29) is 106 Å². The van der Waals surface area contributed by atoms with Crippen molar-refractivity contribution in [2.75, 3.05) is 20.4 Å².